The van der Waals surface area contributed by atoms with Crippen molar-refractivity contribution in [3.8, 4) is 33.6 Å². The number of hydrogen-bond donors (Lipinski definition) is 0. The van der Waals surface area contributed by atoms with E-state index in [2.05, 4.69) is 66.7 Å². The lowest BCUT2D eigenvalue weighted by Crippen LogP contribution is -1.94. The molecule has 0 aliphatic heterocycles. The molecular weight excluding hydrogens is 472 g/mol. The SMILES string of the molecule is c1ccc(-c2ncc(-c3cc4c5c6c(ccc7c6c6c(c(-c8ccccc8)cc8c6c5c3C8)C7)C4)cn2)cc1. The normalized spacial score (nSPS) is 13.8. The molecule has 180 valence electrons. The summed E-state index contributed by atoms with van der Waals surface area (Å²) >= 11 is 0. The summed E-state index contributed by atoms with van der Waals surface area (Å²) in [5.74, 6) is 0.774. The number of aromatic nitrogens is 2. The molecule has 2 nitrogen and oxygen atoms in total. The summed E-state index contributed by atoms with van der Waals surface area (Å²) in [7, 11) is 0. The fourth-order valence-corrected chi connectivity index (χ4v) is 7.81. The van der Waals surface area contributed by atoms with Crippen LogP contribution in [0.5, 0.6) is 0 Å². The lowest BCUT2D eigenvalue weighted by Gasteiger charge is -2.14. The second kappa shape index (κ2) is 6.98. The first-order valence-corrected chi connectivity index (χ1v) is 13.8. The third kappa shape index (κ3) is 2.47. The second-order valence-corrected chi connectivity index (χ2v) is 11.3. The molecule has 0 amide bonds. The van der Waals surface area contributed by atoms with Crippen molar-refractivity contribution >= 4 is 32.3 Å². The summed E-state index contributed by atoms with van der Waals surface area (Å²) in [6.07, 6.45) is 7.04. The molecule has 7 aromatic rings. The molecule has 3 aliphatic rings. The quantitative estimate of drug-likeness (QED) is 0.230. The van der Waals surface area contributed by atoms with Gasteiger partial charge < -0.3 is 0 Å². The maximum absolute atomic E-state index is 4.81. The van der Waals surface area contributed by atoms with Crippen LogP contribution in [0.4, 0.5) is 0 Å². The fraction of sp³-hybridized carbons (Fsp3) is 0.0811. The summed E-state index contributed by atoms with van der Waals surface area (Å²) in [6, 6.07) is 31.0. The van der Waals surface area contributed by atoms with Crippen LogP contribution in [0, 0.1) is 0 Å². The highest BCUT2D eigenvalue weighted by Crippen LogP contribution is 2.56. The Morgan fingerprint density at radius 1 is 0.410 bits per heavy atom. The average Bonchev–Trinajstić information content (AvgIpc) is 3.68. The zero-order chi connectivity index (χ0) is 25.2. The summed E-state index contributed by atoms with van der Waals surface area (Å²) in [4.78, 5) is 9.61. The van der Waals surface area contributed by atoms with Gasteiger partial charge in [-0.05, 0) is 114 Å². The Balaban J connectivity index is 1.28. The van der Waals surface area contributed by atoms with Crippen LogP contribution in [-0.2, 0) is 19.3 Å². The average molecular weight is 495 g/mol. The number of benzene rings is 6. The van der Waals surface area contributed by atoms with Crippen LogP contribution in [-0.4, -0.2) is 9.97 Å². The van der Waals surface area contributed by atoms with Gasteiger partial charge in [0, 0.05) is 23.5 Å². The number of rotatable bonds is 3. The van der Waals surface area contributed by atoms with E-state index >= 15 is 0 Å². The van der Waals surface area contributed by atoms with Crippen LogP contribution in [0.1, 0.15) is 33.4 Å². The molecule has 0 bridgehead atoms. The van der Waals surface area contributed by atoms with Crippen molar-refractivity contribution < 1.29 is 0 Å². The molecule has 0 radical (unpaired) electrons. The van der Waals surface area contributed by atoms with Gasteiger partial charge in [0.2, 0.25) is 0 Å². The van der Waals surface area contributed by atoms with Crippen molar-refractivity contribution in [3.63, 3.8) is 0 Å². The van der Waals surface area contributed by atoms with E-state index in [9.17, 15) is 0 Å². The molecule has 1 heterocycles. The summed E-state index contributed by atoms with van der Waals surface area (Å²) in [5.41, 5.74) is 15.0. The monoisotopic (exact) mass is 494 g/mol. The Morgan fingerprint density at radius 3 is 1.59 bits per heavy atom. The van der Waals surface area contributed by atoms with E-state index < -0.39 is 0 Å². The molecule has 0 unspecified atom stereocenters. The first-order chi connectivity index (χ1) is 19.3. The highest BCUT2D eigenvalue weighted by atomic mass is 14.9. The summed E-state index contributed by atoms with van der Waals surface area (Å²) < 4.78 is 0. The van der Waals surface area contributed by atoms with Crippen LogP contribution in [0.15, 0.2) is 97.3 Å². The Labute approximate surface area is 225 Å². The van der Waals surface area contributed by atoms with Gasteiger partial charge in [0.1, 0.15) is 0 Å². The van der Waals surface area contributed by atoms with Crippen molar-refractivity contribution in [1.82, 2.24) is 9.97 Å². The van der Waals surface area contributed by atoms with E-state index in [1.165, 1.54) is 82.4 Å². The molecule has 2 heteroatoms. The van der Waals surface area contributed by atoms with Crippen molar-refractivity contribution in [2.24, 2.45) is 0 Å². The van der Waals surface area contributed by atoms with Gasteiger partial charge in [-0.1, -0.05) is 72.8 Å². The van der Waals surface area contributed by atoms with Crippen LogP contribution in [0.25, 0.3) is 66.0 Å². The fourth-order valence-electron chi connectivity index (χ4n) is 7.81. The standard InChI is InChI=1S/C37H22N2/c1-3-7-20(8-4-1)27-16-25-17-30-28(26-18-38-37(39-19-26)21-9-5-2-6-10-21)15-24-13-22-11-12-23-14-29(27)35-32(23)31(22)33(24)36(30)34(25)35/h1-12,15-16,18-19H,13-14,17H2. The second-order valence-electron chi connectivity index (χ2n) is 11.3. The summed E-state index contributed by atoms with van der Waals surface area (Å²) in [5, 5.41) is 9.07. The van der Waals surface area contributed by atoms with Gasteiger partial charge >= 0.3 is 0 Å². The van der Waals surface area contributed by atoms with E-state index in [4.69, 9.17) is 9.97 Å². The predicted octanol–water partition coefficient (Wildman–Crippen LogP) is 8.65. The Kier molecular flexibility index (Phi) is 3.61. The molecule has 0 spiro atoms. The van der Waals surface area contributed by atoms with Gasteiger partial charge in [0.15, 0.2) is 5.82 Å². The maximum atomic E-state index is 4.81. The Morgan fingerprint density at radius 2 is 0.897 bits per heavy atom. The Bertz CT molecular complexity index is 2210. The van der Waals surface area contributed by atoms with Crippen molar-refractivity contribution in [3.05, 3.63) is 131 Å². The minimum atomic E-state index is 0.774. The van der Waals surface area contributed by atoms with E-state index in [0.717, 1.165) is 36.2 Å². The lowest BCUT2D eigenvalue weighted by atomic mass is 9.90. The highest BCUT2D eigenvalue weighted by Gasteiger charge is 2.34. The van der Waals surface area contributed by atoms with Crippen molar-refractivity contribution in [2.75, 3.05) is 0 Å². The third-order valence-electron chi connectivity index (χ3n) is 9.36. The smallest absolute Gasteiger partial charge is 0.159 e. The predicted molar refractivity (Wildman–Crippen MR) is 159 cm³/mol. The number of nitrogens with zero attached hydrogens (tertiary/aromatic N) is 2. The van der Waals surface area contributed by atoms with E-state index in [1.54, 1.807) is 0 Å². The first-order valence-electron chi connectivity index (χ1n) is 13.8. The largest absolute Gasteiger partial charge is 0.236 e. The molecule has 0 saturated carbocycles. The van der Waals surface area contributed by atoms with Crippen molar-refractivity contribution in [2.45, 2.75) is 19.3 Å². The molecule has 0 atom stereocenters. The zero-order valence-electron chi connectivity index (χ0n) is 21.3. The van der Waals surface area contributed by atoms with Gasteiger partial charge in [-0.15, -0.1) is 0 Å². The van der Waals surface area contributed by atoms with Crippen molar-refractivity contribution in [1.29, 1.82) is 0 Å². The lowest BCUT2D eigenvalue weighted by molar-refractivity contribution is 1.17. The molecule has 0 fully saturated rings. The topological polar surface area (TPSA) is 25.8 Å². The van der Waals surface area contributed by atoms with E-state index in [1.807, 2.05) is 30.6 Å². The molecule has 0 saturated heterocycles. The van der Waals surface area contributed by atoms with Gasteiger partial charge in [0.05, 0.1) is 0 Å². The van der Waals surface area contributed by atoms with Crippen LogP contribution >= 0.6 is 0 Å². The van der Waals surface area contributed by atoms with E-state index in [0.29, 0.717) is 0 Å². The van der Waals surface area contributed by atoms with Crippen LogP contribution in [0.2, 0.25) is 0 Å². The molecular formula is C37H22N2. The molecule has 39 heavy (non-hydrogen) atoms. The molecule has 6 aromatic carbocycles. The summed E-state index contributed by atoms with van der Waals surface area (Å²) in [6.45, 7) is 0. The van der Waals surface area contributed by atoms with Gasteiger partial charge in [-0.25, -0.2) is 9.97 Å². The zero-order valence-corrected chi connectivity index (χ0v) is 21.3. The van der Waals surface area contributed by atoms with Gasteiger partial charge in [-0.2, -0.15) is 0 Å². The van der Waals surface area contributed by atoms with Gasteiger partial charge in [0.25, 0.3) is 0 Å². The van der Waals surface area contributed by atoms with E-state index in [-0.39, 0.29) is 0 Å². The first kappa shape index (κ1) is 20.2. The third-order valence-corrected chi connectivity index (χ3v) is 9.36. The minimum Gasteiger partial charge on any atom is -0.236 e. The molecule has 3 aliphatic carbocycles. The van der Waals surface area contributed by atoms with Crippen LogP contribution in [0.3, 0.4) is 0 Å². The molecule has 1 aromatic heterocycles. The van der Waals surface area contributed by atoms with Crippen LogP contribution < -0.4 is 0 Å². The highest BCUT2D eigenvalue weighted by molar-refractivity contribution is 6.34. The maximum Gasteiger partial charge on any atom is 0.159 e. The minimum absolute atomic E-state index is 0.774. The molecule has 10 rings (SSSR count). The van der Waals surface area contributed by atoms with Gasteiger partial charge in [-0.3, -0.25) is 0 Å². The molecule has 0 N–H and O–H groups in total. The Hall–Kier alpha value is -4.82. The number of hydrogen-bond acceptors (Lipinski definition) is 2.